The highest BCUT2D eigenvalue weighted by Gasteiger charge is 2.32. The van der Waals surface area contributed by atoms with E-state index in [1.807, 2.05) is 29.2 Å². The Bertz CT molecular complexity index is 959. The lowest BCUT2D eigenvalue weighted by Crippen LogP contribution is -2.50. The molecule has 2 aliphatic heterocycles. The highest BCUT2D eigenvalue weighted by atomic mass is 32.2. The summed E-state index contributed by atoms with van der Waals surface area (Å²) in [4.78, 5) is 40.6. The molecule has 2 aliphatic rings. The zero-order valence-electron chi connectivity index (χ0n) is 15.6. The van der Waals surface area contributed by atoms with Gasteiger partial charge < -0.3 is 15.1 Å². The summed E-state index contributed by atoms with van der Waals surface area (Å²) in [5, 5.41) is 13.7. The number of nitro benzene ring substituents is 1. The van der Waals surface area contributed by atoms with Crippen molar-refractivity contribution >= 4 is 40.6 Å². The highest BCUT2D eigenvalue weighted by molar-refractivity contribution is 8.01. The monoisotopic (exact) mass is 412 g/mol. The first-order valence-electron chi connectivity index (χ1n) is 9.35. The van der Waals surface area contributed by atoms with Crippen LogP contribution in [0.1, 0.15) is 6.42 Å². The smallest absolute Gasteiger partial charge is 0.292 e. The number of anilines is 2. The second-order valence-electron chi connectivity index (χ2n) is 6.91. The van der Waals surface area contributed by atoms with Crippen LogP contribution in [0.25, 0.3) is 0 Å². The van der Waals surface area contributed by atoms with E-state index in [0.29, 0.717) is 31.9 Å². The number of carbonyl (C=O) groups excluding carboxylic acids is 2. The number of hydrogen-bond donors (Lipinski definition) is 1. The van der Waals surface area contributed by atoms with Gasteiger partial charge in [-0.05, 0) is 18.2 Å². The number of nitrogens with zero attached hydrogens (tertiary/aromatic N) is 3. The van der Waals surface area contributed by atoms with Gasteiger partial charge in [-0.25, -0.2) is 0 Å². The van der Waals surface area contributed by atoms with Crippen LogP contribution in [0, 0.1) is 10.1 Å². The fourth-order valence-corrected chi connectivity index (χ4v) is 4.70. The minimum Gasteiger partial charge on any atom is -0.362 e. The Balaban J connectivity index is 1.36. The SMILES string of the molecule is O=C1Nc2ccccc2SC1CC(=O)N1CCN(c2ccccc2[N+](=O)[O-])CC1. The fourth-order valence-electron chi connectivity index (χ4n) is 3.60. The summed E-state index contributed by atoms with van der Waals surface area (Å²) in [6, 6.07) is 14.2. The molecule has 0 aliphatic carbocycles. The number of hydrogen-bond acceptors (Lipinski definition) is 6. The van der Waals surface area contributed by atoms with Gasteiger partial charge in [0.25, 0.3) is 5.69 Å². The van der Waals surface area contributed by atoms with Crippen molar-refractivity contribution in [2.75, 3.05) is 36.4 Å². The zero-order valence-corrected chi connectivity index (χ0v) is 16.4. The number of nitrogens with one attached hydrogen (secondary N) is 1. The summed E-state index contributed by atoms with van der Waals surface area (Å²) in [5.74, 6) is -0.222. The fraction of sp³-hybridized carbons (Fsp3) is 0.300. The molecule has 0 aromatic heterocycles. The molecule has 1 N–H and O–H groups in total. The lowest BCUT2D eigenvalue weighted by Gasteiger charge is -2.36. The first-order chi connectivity index (χ1) is 14.0. The van der Waals surface area contributed by atoms with Crippen molar-refractivity contribution in [3.8, 4) is 0 Å². The first kappa shape index (κ1) is 19.3. The van der Waals surface area contributed by atoms with Crippen molar-refractivity contribution in [2.45, 2.75) is 16.6 Å². The molecule has 1 fully saturated rings. The van der Waals surface area contributed by atoms with Crippen LogP contribution >= 0.6 is 11.8 Å². The standard InChI is InChI=1S/C20H20N4O4S/c25-19(13-18-20(26)21-14-5-1-4-8-17(14)29-18)23-11-9-22(10-12-23)15-6-2-3-7-16(15)24(27)28/h1-8,18H,9-13H2,(H,21,26). The summed E-state index contributed by atoms with van der Waals surface area (Å²) in [6.45, 7) is 1.98. The first-order valence-corrected chi connectivity index (χ1v) is 10.2. The molecule has 0 saturated carbocycles. The molecule has 2 amide bonds. The summed E-state index contributed by atoms with van der Waals surface area (Å²) < 4.78 is 0. The molecule has 0 radical (unpaired) electrons. The van der Waals surface area contributed by atoms with Gasteiger partial charge in [0, 0.05) is 43.6 Å². The zero-order chi connectivity index (χ0) is 20.4. The molecule has 29 heavy (non-hydrogen) atoms. The second-order valence-corrected chi connectivity index (χ2v) is 8.15. The molecular weight excluding hydrogens is 392 g/mol. The van der Waals surface area contributed by atoms with E-state index in [0.717, 1.165) is 10.6 Å². The van der Waals surface area contributed by atoms with E-state index in [1.165, 1.54) is 17.8 Å². The third kappa shape index (κ3) is 4.04. The van der Waals surface area contributed by atoms with E-state index in [9.17, 15) is 19.7 Å². The second kappa shape index (κ2) is 8.12. The van der Waals surface area contributed by atoms with Gasteiger partial charge in [0.05, 0.1) is 15.9 Å². The van der Waals surface area contributed by atoms with Gasteiger partial charge in [-0.3, -0.25) is 19.7 Å². The molecule has 1 saturated heterocycles. The van der Waals surface area contributed by atoms with Crippen LogP contribution in [-0.2, 0) is 9.59 Å². The highest BCUT2D eigenvalue weighted by Crippen LogP contribution is 2.37. The molecule has 4 rings (SSSR count). The van der Waals surface area contributed by atoms with E-state index in [4.69, 9.17) is 0 Å². The Morgan fingerprint density at radius 1 is 1.10 bits per heavy atom. The number of para-hydroxylation sites is 3. The van der Waals surface area contributed by atoms with Crippen LogP contribution in [0.15, 0.2) is 53.4 Å². The number of carbonyl (C=O) groups is 2. The van der Waals surface area contributed by atoms with Crippen LogP contribution in [0.4, 0.5) is 17.1 Å². The third-order valence-electron chi connectivity index (χ3n) is 5.12. The van der Waals surface area contributed by atoms with Gasteiger partial charge in [0.15, 0.2) is 0 Å². The number of amides is 2. The van der Waals surface area contributed by atoms with Gasteiger partial charge in [0.2, 0.25) is 11.8 Å². The molecule has 2 aromatic rings. The minimum absolute atomic E-state index is 0.0701. The summed E-state index contributed by atoms with van der Waals surface area (Å²) in [6.07, 6.45) is 0.135. The summed E-state index contributed by atoms with van der Waals surface area (Å²) >= 11 is 1.42. The van der Waals surface area contributed by atoms with Crippen molar-refractivity contribution in [1.29, 1.82) is 0 Å². The van der Waals surface area contributed by atoms with Crippen molar-refractivity contribution in [3.05, 3.63) is 58.6 Å². The van der Waals surface area contributed by atoms with Gasteiger partial charge in [0.1, 0.15) is 5.69 Å². The average molecular weight is 412 g/mol. The maximum absolute atomic E-state index is 12.7. The maximum Gasteiger partial charge on any atom is 0.292 e. The van der Waals surface area contributed by atoms with Gasteiger partial charge >= 0.3 is 0 Å². The molecule has 1 atom stereocenters. The van der Waals surface area contributed by atoms with E-state index in [-0.39, 0.29) is 28.8 Å². The normalized spacial score (nSPS) is 18.8. The minimum atomic E-state index is -0.453. The van der Waals surface area contributed by atoms with Crippen molar-refractivity contribution < 1.29 is 14.5 Å². The number of fused-ring (bicyclic) bond motifs is 1. The number of nitro groups is 1. The molecule has 1 unspecified atom stereocenters. The van der Waals surface area contributed by atoms with E-state index in [2.05, 4.69) is 5.32 Å². The Morgan fingerprint density at radius 2 is 1.79 bits per heavy atom. The van der Waals surface area contributed by atoms with Crippen LogP contribution in [0.5, 0.6) is 0 Å². The Morgan fingerprint density at radius 3 is 2.55 bits per heavy atom. The van der Waals surface area contributed by atoms with Crippen molar-refractivity contribution in [3.63, 3.8) is 0 Å². The lowest BCUT2D eigenvalue weighted by atomic mass is 10.2. The molecule has 0 bridgehead atoms. The Kier molecular flexibility index (Phi) is 5.39. The molecule has 0 spiro atoms. The predicted molar refractivity (Wildman–Crippen MR) is 111 cm³/mol. The Hall–Kier alpha value is -3.07. The number of piperazine rings is 1. The molecule has 9 heteroatoms. The van der Waals surface area contributed by atoms with Crippen LogP contribution < -0.4 is 10.2 Å². The van der Waals surface area contributed by atoms with E-state index >= 15 is 0 Å². The predicted octanol–water partition coefficient (Wildman–Crippen LogP) is 2.75. The van der Waals surface area contributed by atoms with E-state index in [1.54, 1.807) is 23.1 Å². The van der Waals surface area contributed by atoms with Crippen LogP contribution in [-0.4, -0.2) is 53.1 Å². The van der Waals surface area contributed by atoms with Crippen LogP contribution in [0.3, 0.4) is 0 Å². The molecule has 2 aromatic carbocycles. The van der Waals surface area contributed by atoms with Gasteiger partial charge in [-0.2, -0.15) is 0 Å². The maximum atomic E-state index is 12.7. The average Bonchev–Trinajstić information content (AvgIpc) is 2.74. The number of rotatable bonds is 4. The lowest BCUT2D eigenvalue weighted by molar-refractivity contribution is -0.384. The Labute approximate surface area is 172 Å². The molecule has 150 valence electrons. The topological polar surface area (TPSA) is 95.8 Å². The van der Waals surface area contributed by atoms with Crippen molar-refractivity contribution in [2.24, 2.45) is 0 Å². The van der Waals surface area contributed by atoms with Crippen LogP contribution in [0.2, 0.25) is 0 Å². The van der Waals surface area contributed by atoms with Gasteiger partial charge in [-0.1, -0.05) is 24.3 Å². The van der Waals surface area contributed by atoms with Crippen molar-refractivity contribution in [1.82, 2.24) is 4.90 Å². The van der Waals surface area contributed by atoms with Gasteiger partial charge in [-0.15, -0.1) is 11.8 Å². The third-order valence-corrected chi connectivity index (χ3v) is 6.39. The number of thioether (sulfide) groups is 1. The molecular formula is C20H20N4O4S. The molecule has 2 heterocycles. The summed E-state index contributed by atoms with van der Waals surface area (Å²) in [7, 11) is 0. The number of benzene rings is 2. The van der Waals surface area contributed by atoms with E-state index < -0.39 is 5.25 Å². The molecule has 8 nitrogen and oxygen atoms in total. The largest absolute Gasteiger partial charge is 0.362 e. The quantitative estimate of drug-likeness (QED) is 0.613. The summed E-state index contributed by atoms with van der Waals surface area (Å²) in [5.41, 5.74) is 1.42.